The molecule has 0 saturated heterocycles. The molecular formula is C12H12N2O2S. The van der Waals surface area contributed by atoms with Gasteiger partial charge in [-0.15, -0.1) is 11.3 Å². The second-order valence-corrected chi connectivity index (χ2v) is 4.35. The van der Waals surface area contributed by atoms with Crippen LogP contribution in [0.4, 0.5) is 5.69 Å². The van der Waals surface area contributed by atoms with Gasteiger partial charge in [0.15, 0.2) is 0 Å². The van der Waals surface area contributed by atoms with E-state index in [9.17, 15) is 4.79 Å². The number of nitrogen functional groups attached to an aromatic ring is 1. The summed E-state index contributed by atoms with van der Waals surface area (Å²) < 4.78 is 4.80. The van der Waals surface area contributed by atoms with Crippen LogP contribution in [0, 0.1) is 0 Å². The first-order valence-corrected chi connectivity index (χ1v) is 6.02. The van der Waals surface area contributed by atoms with Gasteiger partial charge in [0.05, 0.1) is 17.2 Å². The zero-order valence-electron chi connectivity index (χ0n) is 9.34. The van der Waals surface area contributed by atoms with Gasteiger partial charge in [-0.2, -0.15) is 0 Å². The number of ether oxygens (including phenoxy) is 1. The number of thiophene rings is 1. The van der Waals surface area contributed by atoms with Crippen molar-refractivity contribution < 1.29 is 9.53 Å². The first-order valence-electron chi connectivity index (χ1n) is 5.20. The predicted molar refractivity (Wildman–Crippen MR) is 69.7 cm³/mol. The van der Waals surface area contributed by atoms with Crippen LogP contribution in [0.5, 0.6) is 0 Å². The molecule has 2 N–H and O–H groups in total. The van der Waals surface area contributed by atoms with Gasteiger partial charge in [-0.1, -0.05) is 0 Å². The predicted octanol–water partition coefficient (Wildman–Crippen LogP) is 2.45. The van der Waals surface area contributed by atoms with E-state index < -0.39 is 0 Å². The molecule has 0 atom stereocenters. The molecule has 0 unspecified atom stereocenters. The molecule has 0 saturated carbocycles. The van der Waals surface area contributed by atoms with Crippen LogP contribution < -0.4 is 5.73 Å². The summed E-state index contributed by atoms with van der Waals surface area (Å²) in [7, 11) is 0. The van der Waals surface area contributed by atoms with Gasteiger partial charge in [0.2, 0.25) is 0 Å². The number of anilines is 1. The number of carbonyl (C=O) groups is 1. The first kappa shape index (κ1) is 11.6. The maximum absolute atomic E-state index is 11.2. The molecule has 2 aromatic rings. The van der Waals surface area contributed by atoms with Gasteiger partial charge in [0, 0.05) is 17.7 Å². The summed E-state index contributed by atoms with van der Waals surface area (Å²) in [5.74, 6) is -0.364. The molecule has 5 heteroatoms. The summed E-state index contributed by atoms with van der Waals surface area (Å²) in [6, 6.07) is 3.75. The maximum atomic E-state index is 11.2. The minimum Gasteiger partial charge on any atom is -0.463 e. The fraction of sp³-hybridized carbons (Fsp3) is 0.167. The lowest BCUT2D eigenvalue weighted by molar-refractivity contribution is -0.137. The fourth-order valence-corrected chi connectivity index (χ4v) is 2.39. The quantitative estimate of drug-likeness (QED) is 0.669. The summed E-state index contributed by atoms with van der Waals surface area (Å²) in [6.45, 7) is 2.14. The molecule has 88 valence electrons. The molecule has 0 aliphatic carbocycles. The van der Waals surface area contributed by atoms with Crippen LogP contribution in [-0.4, -0.2) is 17.6 Å². The molecular weight excluding hydrogens is 236 g/mol. The Balaban J connectivity index is 2.30. The van der Waals surface area contributed by atoms with Crippen LogP contribution in [0.1, 0.15) is 11.8 Å². The SMILES string of the molecule is CCOC(=O)C=Cc1sc2ncccc2c1N. The lowest BCUT2D eigenvalue weighted by atomic mass is 10.2. The molecule has 0 aliphatic heterocycles. The molecule has 0 amide bonds. The molecule has 0 aromatic carbocycles. The fourth-order valence-electron chi connectivity index (χ4n) is 1.43. The molecule has 0 spiro atoms. The van der Waals surface area contributed by atoms with E-state index in [0.29, 0.717) is 12.3 Å². The van der Waals surface area contributed by atoms with Crippen molar-refractivity contribution in [2.75, 3.05) is 12.3 Å². The van der Waals surface area contributed by atoms with E-state index in [1.165, 1.54) is 17.4 Å². The smallest absolute Gasteiger partial charge is 0.330 e. The summed E-state index contributed by atoms with van der Waals surface area (Å²) in [5, 5.41) is 0.918. The standard InChI is InChI=1S/C12H12N2O2S/c1-2-16-10(15)6-5-9-11(13)8-4-3-7-14-12(8)17-9/h3-7H,2,13H2,1H3. The molecule has 4 nitrogen and oxygen atoms in total. The van der Waals surface area contributed by atoms with E-state index in [1.54, 1.807) is 19.2 Å². The average Bonchev–Trinajstić information content (AvgIpc) is 2.65. The van der Waals surface area contributed by atoms with Crippen molar-refractivity contribution in [3.05, 3.63) is 29.3 Å². The van der Waals surface area contributed by atoms with E-state index in [4.69, 9.17) is 10.5 Å². The van der Waals surface area contributed by atoms with Gasteiger partial charge in [-0.3, -0.25) is 0 Å². The molecule has 0 radical (unpaired) electrons. The number of nitrogens with zero attached hydrogens (tertiary/aromatic N) is 1. The number of nitrogens with two attached hydrogens (primary N) is 1. The zero-order chi connectivity index (χ0) is 12.3. The van der Waals surface area contributed by atoms with Crippen molar-refractivity contribution in [3.8, 4) is 0 Å². The lowest BCUT2D eigenvalue weighted by Crippen LogP contribution is -1.98. The third kappa shape index (κ3) is 2.45. The highest BCUT2D eigenvalue weighted by Gasteiger charge is 2.07. The minimum atomic E-state index is -0.364. The lowest BCUT2D eigenvalue weighted by Gasteiger charge is -1.94. The number of esters is 1. The third-order valence-corrected chi connectivity index (χ3v) is 3.29. The molecule has 2 heterocycles. The van der Waals surface area contributed by atoms with Crippen molar-refractivity contribution in [3.63, 3.8) is 0 Å². The van der Waals surface area contributed by atoms with Gasteiger partial charge in [-0.25, -0.2) is 9.78 Å². The molecule has 0 fully saturated rings. The minimum absolute atomic E-state index is 0.364. The highest BCUT2D eigenvalue weighted by atomic mass is 32.1. The van der Waals surface area contributed by atoms with Gasteiger partial charge < -0.3 is 10.5 Å². The van der Waals surface area contributed by atoms with E-state index in [0.717, 1.165) is 15.1 Å². The summed E-state index contributed by atoms with van der Waals surface area (Å²) in [4.78, 5) is 17.1. The Morgan fingerprint density at radius 3 is 3.18 bits per heavy atom. The number of pyridine rings is 1. The van der Waals surface area contributed by atoms with Crippen LogP contribution in [0.2, 0.25) is 0 Å². The highest BCUT2D eigenvalue weighted by molar-refractivity contribution is 7.20. The van der Waals surface area contributed by atoms with Crippen molar-refractivity contribution in [2.45, 2.75) is 6.92 Å². The van der Waals surface area contributed by atoms with Crippen LogP contribution in [-0.2, 0) is 9.53 Å². The zero-order valence-corrected chi connectivity index (χ0v) is 10.2. The largest absolute Gasteiger partial charge is 0.463 e. The van der Waals surface area contributed by atoms with Gasteiger partial charge in [0.25, 0.3) is 0 Å². The Morgan fingerprint density at radius 1 is 1.65 bits per heavy atom. The second-order valence-electron chi connectivity index (χ2n) is 3.32. The molecule has 17 heavy (non-hydrogen) atoms. The van der Waals surface area contributed by atoms with E-state index in [2.05, 4.69) is 4.98 Å². The number of hydrogen-bond donors (Lipinski definition) is 1. The number of hydrogen-bond acceptors (Lipinski definition) is 5. The van der Waals surface area contributed by atoms with Crippen molar-refractivity contribution in [1.29, 1.82) is 0 Å². The van der Waals surface area contributed by atoms with Gasteiger partial charge >= 0.3 is 5.97 Å². The monoisotopic (exact) mass is 248 g/mol. The summed E-state index contributed by atoms with van der Waals surface area (Å²) in [5.41, 5.74) is 6.62. The molecule has 0 aliphatic rings. The van der Waals surface area contributed by atoms with E-state index in [1.807, 2.05) is 12.1 Å². The first-order chi connectivity index (χ1) is 8.22. The topological polar surface area (TPSA) is 65.2 Å². The number of carbonyl (C=O) groups excluding carboxylic acids is 1. The van der Waals surface area contributed by atoms with Crippen molar-refractivity contribution in [2.24, 2.45) is 0 Å². The molecule has 2 aromatic heterocycles. The highest BCUT2D eigenvalue weighted by Crippen LogP contribution is 2.32. The Morgan fingerprint density at radius 2 is 2.47 bits per heavy atom. The molecule has 0 bridgehead atoms. The van der Waals surface area contributed by atoms with Crippen molar-refractivity contribution in [1.82, 2.24) is 4.98 Å². The Labute approximate surface area is 103 Å². The normalized spacial score (nSPS) is 11.1. The van der Waals surface area contributed by atoms with Crippen LogP contribution >= 0.6 is 11.3 Å². The average molecular weight is 248 g/mol. The summed E-state index contributed by atoms with van der Waals surface area (Å²) >= 11 is 1.45. The third-order valence-electron chi connectivity index (χ3n) is 2.19. The Hall–Kier alpha value is -1.88. The number of fused-ring (bicyclic) bond motifs is 1. The van der Waals surface area contributed by atoms with Crippen LogP contribution in [0.3, 0.4) is 0 Å². The Kier molecular flexibility index (Phi) is 3.39. The van der Waals surface area contributed by atoms with Crippen molar-refractivity contribution >= 4 is 39.3 Å². The molecule has 2 rings (SSSR count). The maximum Gasteiger partial charge on any atom is 0.330 e. The number of rotatable bonds is 3. The van der Waals surface area contributed by atoms with E-state index in [-0.39, 0.29) is 5.97 Å². The summed E-state index contributed by atoms with van der Waals surface area (Å²) in [6.07, 6.45) is 4.77. The van der Waals surface area contributed by atoms with Crippen LogP contribution in [0.25, 0.3) is 16.3 Å². The number of aromatic nitrogens is 1. The van der Waals surface area contributed by atoms with Gasteiger partial charge in [0.1, 0.15) is 4.83 Å². The Bertz CT molecular complexity index is 575. The van der Waals surface area contributed by atoms with Gasteiger partial charge in [-0.05, 0) is 25.1 Å². The van der Waals surface area contributed by atoms with Crippen LogP contribution in [0.15, 0.2) is 24.4 Å². The van der Waals surface area contributed by atoms with E-state index >= 15 is 0 Å². The second kappa shape index (κ2) is 4.97.